The van der Waals surface area contributed by atoms with Crippen molar-refractivity contribution in [3.8, 4) is 16.6 Å². The Kier molecular flexibility index (Phi) is 6.65. The van der Waals surface area contributed by atoms with Crippen LogP contribution < -0.4 is 5.32 Å². The second kappa shape index (κ2) is 9.19. The Hall–Kier alpha value is -2.72. The number of ether oxygens (including phenoxy) is 1. The number of hydrogen-bond acceptors (Lipinski definition) is 6. The molecular weight excluding hydrogens is 386 g/mol. The van der Waals surface area contributed by atoms with Crippen LogP contribution in [0.3, 0.4) is 0 Å². The van der Waals surface area contributed by atoms with Crippen molar-refractivity contribution >= 4 is 23.2 Å². The van der Waals surface area contributed by atoms with Gasteiger partial charge in [-0.1, -0.05) is 50.5 Å². The first-order chi connectivity index (χ1) is 14.0. The van der Waals surface area contributed by atoms with E-state index in [0.29, 0.717) is 12.8 Å². The summed E-state index contributed by atoms with van der Waals surface area (Å²) in [5.74, 6) is -1.10. The van der Waals surface area contributed by atoms with E-state index in [2.05, 4.69) is 23.3 Å². The average Bonchev–Trinajstić information content (AvgIpc) is 3.25. The lowest BCUT2D eigenvalue weighted by Crippen LogP contribution is -2.52. The molecule has 1 aliphatic carbocycles. The lowest BCUT2D eigenvalue weighted by molar-refractivity contribution is -0.130. The Morgan fingerprint density at radius 1 is 1.28 bits per heavy atom. The number of aromatic nitrogens is 1. The predicted octanol–water partition coefficient (Wildman–Crippen LogP) is 4.26. The van der Waals surface area contributed by atoms with Gasteiger partial charge in [-0.3, -0.25) is 4.79 Å². The van der Waals surface area contributed by atoms with Crippen molar-refractivity contribution in [2.75, 3.05) is 0 Å². The Bertz CT molecular complexity index is 908. The first kappa shape index (κ1) is 21.0. The van der Waals surface area contributed by atoms with Gasteiger partial charge in [0.2, 0.25) is 0 Å². The van der Waals surface area contributed by atoms with Gasteiger partial charge in [0.15, 0.2) is 11.8 Å². The van der Waals surface area contributed by atoms with E-state index >= 15 is 0 Å². The number of aryl methyl sites for hydroxylation is 1. The van der Waals surface area contributed by atoms with Gasteiger partial charge in [-0.15, -0.1) is 11.3 Å². The van der Waals surface area contributed by atoms with E-state index < -0.39 is 23.5 Å². The summed E-state index contributed by atoms with van der Waals surface area (Å²) in [6.45, 7) is 3.61. The van der Waals surface area contributed by atoms with E-state index in [0.717, 1.165) is 36.3 Å². The van der Waals surface area contributed by atoms with Crippen molar-refractivity contribution in [2.45, 2.75) is 64.0 Å². The highest BCUT2D eigenvalue weighted by molar-refractivity contribution is 7.13. The lowest BCUT2D eigenvalue weighted by atomic mass is 9.83. The van der Waals surface area contributed by atoms with Crippen molar-refractivity contribution in [1.82, 2.24) is 10.3 Å². The first-order valence-corrected chi connectivity index (χ1v) is 10.8. The van der Waals surface area contributed by atoms with E-state index in [1.165, 1.54) is 23.8 Å². The number of rotatable bonds is 6. The summed E-state index contributed by atoms with van der Waals surface area (Å²) in [6.07, 6.45) is 4.10. The van der Waals surface area contributed by atoms with Crippen LogP contribution in [0.2, 0.25) is 0 Å². The van der Waals surface area contributed by atoms with Crippen LogP contribution in [-0.2, 0) is 16.0 Å². The minimum absolute atomic E-state index is 0.178. The van der Waals surface area contributed by atoms with Gasteiger partial charge in [-0.25, -0.2) is 9.78 Å². The number of benzene rings is 1. The second-order valence-electron chi connectivity index (χ2n) is 7.38. The monoisotopic (exact) mass is 411 g/mol. The van der Waals surface area contributed by atoms with Crippen LogP contribution in [0.15, 0.2) is 29.6 Å². The molecule has 0 aliphatic heterocycles. The molecule has 1 aromatic heterocycles. The van der Waals surface area contributed by atoms with Gasteiger partial charge in [0, 0.05) is 10.9 Å². The van der Waals surface area contributed by atoms with E-state index in [-0.39, 0.29) is 5.69 Å². The molecule has 1 N–H and O–H groups in total. The summed E-state index contributed by atoms with van der Waals surface area (Å²) >= 11 is 1.36. The standard InChI is InChI=1S/C22H25N3O3S/c1-3-16-7-9-17(10-8-16)20-24-18(13-29-20)21(27)28-15(2)19(26)25-22(14-23)11-5-4-6-12-22/h7-10,13,15H,3-6,11-12H2,1-2H3,(H,25,26)/t15-/m1/s1. The molecule has 152 valence electrons. The van der Waals surface area contributed by atoms with Crippen molar-refractivity contribution in [3.63, 3.8) is 0 Å². The Balaban J connectivity index is 1.61. The normalized spacial score (nSPS) is 16.4. The molecule has 0 radical (unpaired) electrons. The molecule has 1 heterocycles. The SMILES string of the molecule is CCc1ccc(-c2nc(C(=O)O[C@H](C)C(=O)NC3(C#N)CCCCC3)cs2)cc1. The zero-order valence-electron chi connectivity index (χ0n) is 16.7. The molecule has 0 spiro atoms. The maximum absolute atomic E-state index is 12.5. The molecule has 0 bridgehead atoms. The van der Waals surface area contributed by atoms with Crippen molar-refractivity contribution in [3.05, 3.63) is 40.9 Å². The highest BCUT2D eigenvalue weighted by Crippen LogP contribution is 2.28. The number of esters is 1. The molecule has 3 rings (SSSR count). The molecule has 7 heteroatoms. The molecule has 0 saturated heterocycles. The molecule has 1 fully saturated rings. The molecule has 6 nitrogen and oxygen atoms in total. The lowest BCUT2D eigenvalue weighted by Gasteiger charge is -2.32. The minimum Gasteiger partial charge on any atom is -0.448 e. The molecule has 2 aromatic rings. The number of nitrogens with one attached hydrogen (secondary N) is 1. The molecule has 1 aliphatic rings. The quantitative estimate of drug-likeness (QED) is 0.717. The van der Waals surface area contributed by atoms with Crippen LogP contribution in [0.1, 0.15) is 62.0 Å². The zero-order valence-corrected chi connectivity index (χ0v) is 17.6. The third kappa shape index (κ3) is 5.01. The van der Waals surface area contributed by atoms with Gasteiger partial charge >= 0.3 is 5.97 Å². The number of thiazole rings is 1. The smallest absolute Gasteiger partial charge is 0.358 e. The largest absolute Gasteiger partial charge is 0.448 e. The third-order valence-corrected chi connectivity index (χ3v) is 6.15. The Morgan fingerprint density at radius 2 is 1.97 bits per heavy atom. The fourth-order valence-corrected chi connectivity index (χ4v) is 4.21. The number of hydrogen-bond donors (Lipinski definition) is 1. The number of amides is 1. The van der Waals surface area contributed by atoms with Gasteiger partial charge in [-0.05, 0) is 31.7 Å². The van der Waals surface area contributed by atoms with E-state index in [1.807, 2.05) is 24.3 Å². The van der Waals surface area contributed by atoms with Crippen LogP contribution in [0.5, 0.6) is 0 Å². The first-order valence-electron chi connectivity index (χ1n) is 9.95. The van der Waals surface area contributed by atoms with Crippen molar-refractivity contribution in [1.29, 1.82) is 5.26 Å². The van der Waals surface area contributed by atoms with E-state index in [9.17, 15) is 14.9 Å². The number of nitriles is 1. The Labute approximate surface area is 174 Å². The van der Waals surface area contributed by atoms with E-state index in [4.69, 9.17) is 4.74 Å². The zero-order chi connectivity index (χ0) is 20.9. The van der Waals surface area contributed by atoms with Crippen LogP contribution in [0.4, 0.5) is 0 Å². The fraction of sp³-hybridized carbons (Fsp3) is 0.455. The van der Waals surface area contributed by atoms with E-state index in [1.54, 1.807) is 5.38 Å². The highest BCUT2D eigenvalue weighted by atomic mass is 32.1. The molecular formula is C22H25N3O3S. The topological polar surface area (TPSA) is 92.1 Å². The van der Waals surface area contributed by atoms with Crippen molar-refractivity contribution < 1.29 is 14.3 Å². The van der Waals surface area contributed by atoms with Crippen LogP contribution in [0.25, 0.3) is 10.6 Å². The van der Waals surface area contributed by atoms with Gasteiger partial charge < -0.3 is 10.1 Å². The minimum atomic E-state index is -0.997. The predicted molar refractivity (Wildman–Crippen MR) is 111 cm³/mol. The molecule has 1 aromatic carbocycles. The maximum Gasteiger partial charge on any atom is 0.358 e. The maximum atomic E-state index is 12.5. The average molecular weight is 412 g/mol. The summed E-state index contributed by atoms with van der Waals surface area (Å²) in [5, 5.41) is 14.6. The number of nitrogens with zero attached hydrogens (tertiary/aromatic N) is 2. The summed E-state index contributed by atoms with van der Waals surface area (Å²) in [6, 6.07) is 10.3. The molecule has 1 amide bonds. The van der Waals surface area contributed by atoms with Crippen LogP contribution in [-0.4, -0.2) is 28.5 Å². The molecule has 29 heavy (non-hydrogen) atoms. The summed E-state index contributed by atoms with van der Waals surface area (Å²) in [5.41, 5.74) is 1.49. The number of carbonyl (C=O) groups excluding carboxylic acids is 2. The van der Waals surface area contributed by atoms with Gasteiger partial charge in [0.1, 0.15) is 10.5 Å². The summed E-state index contributed by atoms with van der Waals surface area (Å²) in [4.78, 5) is 29.2. The van der Waals surface area contributed by atoms with Crippen LogP contribution in [0, 0.1) is 11.3 Å². The molecule has 0 unspecified atom stereocenters. The van der Waals surface area contributed by atoms with Gasteiger partial charge in [-0.2, -0.15) is 5.26 Å². The molecule has 1 saturated carbocycles. The van der Waals surface area contributed by atoms with Gasteiger partial charge in [0.05, 0.1) is 6.07 Å². The van der Waals surface area contributed by atoms with Crippen molar-refractivity contribution in [2.24, 2.45) is 0 Å². The fourth-order valence-electron chi connectivity index (χ4n) is 3.42. The molecule has 1 atom stereocenters. The summed E-state index contributed by atoms with van der Waals surface area (Å²) in [7, 11) is 0. The highest BCUT2D eigenvalue weighted by Gasteiger charge is 2.35. The Morgan fingerprint density at radius 3 is 2.59 bits per heavy atom. The van der Waals surface area contributed by atoms with Crippen LogP contribution >= 0.6 is 11.3 Å². The third-order valence-electron chi connectivity index (χ3n) is 5.26. The second-order valence-corrected chi connectivity index (χ2v) is 8.24. The number of carbonyl (C=O) groups is 2. The van der Waals surface area contributed by atoms with Gasteiger partial charge in [0.25, 0.3) is 5.91 Å². The summed E-state index contributed by atoms with van der Waals surface area (Å²) < 4.78 is 5.30.